The number of nitrogens with zero attached hydrogens (tertiary/aromatic N) is 2. The van der Waals surface area contributed by atoms with E-state index in [0.717, 1.165) is 4.90 Å². The fraction of sp³-hybridized carbons (Fsp3) is 0.500. The van der Waals surface area contributed by atoms with Crippen LogP contribution in [-0.2, 0) is 14.4 Å². The van der Waals surface area contributed by atoms with Crippen LogP contribution >= 0.6 is 0 Å². The van der Waals surface area contributed by atoms with Crippen LogP contribution in [0.25, 0.3) is 0 Å². The highest BCUT2D eigenvalue weighted by atomic mass is 16.2. The molecule has 1 aliphatic heterocycles. The summed E-state index contributed by atoms with van der Waals surface area (Å²) < 4.78 is 0. The van der Waals surface area contributed by atoms with Crippen molar-refractivity contribution in [3.63, 3.8) is 0 Å². The molecule has 0 aliphatic carbocycles. The fourth-order valence-electron chi connectivity index (χ4n) is 1.55. The average Bonchev–Trinajstić information content (AvgIpc) is 2.62. The van der Waals surface area contributed by atoms with Crippen molar-refractivity contribution in [2.45, 2.75) is 13.0 Å². The Bertz CT molecular complexity index is 449. The van der Waals surface area contributed by atoms with E-state index < -0.39 is 30.3 Å². The van der Waals surface area contributed by atoms with Gasteiger partial charge in [-0.2, -0.15) is 0 Å². The third-order valence-electron chi connectivity index (χ3n) is 2.85. The molecule has 5 amide bonds. The van der Waals surface area contributed by atoms with E-state index in [1.54, 1.807) is 7.05 Å². The number of imide groups is 2. The van der Waals surface area contributed by atoms with Gasteiger partial charge in [-0.15, -0.1) is 6.58 Å². The van der Waals surface area contributed by atoms with Gasteiger partial charge in [-0.25, -0.2) is 9.69 Å². The number of amides is 5. The summed E-state index contributed by atoms with van der Waals surface area (Å²) in [5.74, 6) is -2.43. The molecule has 0 aromatic carbocycles. The molecule has 0 radical (unpaired) electrons. The van der Waals surface area contributed by atoms with E-state index in [4.69, 9.17) is 0 Å². The zero-order chi connectivity index (χ0) is 15.3. The van der Waals surface area contributed by atoms with Gasteiger partial charge in [-0.05, 0) is 14.0 Å². The van der Waals surface area contributed by atoms with Crippen molar-refractivity contribution in [2.24, 2.45) is 0 Å². The second kappa shape index (κ2) is 6.80. The minimum absolute atomic E-state index is 0.0572. The monoisotopic (exact) mass is 282 g/mol. The molecular weight excluding hydrogens is 264 g/mol. The summed E-state index contributed by atoms with van der Waals surface area (Å²) in [6.07, 6.45) is 1.33. The molecular formula is C12H18N4O4. The second-order valence-electron chi connectivity index (χ2n) is 4.37. The molecule has 2 N–H and O–H groups in total. The number of likely N-dealkylation sites (N-methyl/N-ethyl adjacent to an activating group) is 1. The lowest BCUT2D eigenvalue weighted by molar-refractivity contribution is -0.143. The molecule has 1 saturated heterocycles. The Morgan fingerprint density at radius 3 is 2.45 bits per heavy atom. The first kappa shape index (κ1) is 15.8. The van der Waals surface area contributed by atoms with Crippen molar-refractivity contribution in [3.8, 4) is 0 Å². The van der Waals surface area contributed by atoms with Gasteiger partial charge in [-0.1, -0.05) is 6.08 Å². The first-order chi connectivity index (χ1) is 9.42. The molecule has 20 heavy (non-hydrogen) atoms. The van der Waals surface area contributed by atoms with Gasteiger partial charge in [-0.3, -0.25) is 19.3 Å². The summed E-state index contributed by atoms with van der Waals surface area (Å²) in [7, 11) is 1.75. The lowest BCUT2D eigenvalue weighted by Crippen LogP contribution is -2.44. The molecule has 110 valence electrons. The number of rotatable bonds is 7. The van der Waals surface area contributed by atoms with Crippen LogP contribution in [0.15, 0.2) is 12.7 Å². The van der Waals surface area contributed by atoms with Crippen LogP contribution in [0, 0.1) is 0 Å². The number of urea groups is 1. The molecule has 1 heterocycles. The fourth-order valence-corrected chi connectivity index (χ4v) is 1.55. The van der Waals surface area contributed by atoms with Crippen molar-refractivity contribution < 1.29 is 19.2 Å². The van der Waals surface area contributed by atoms with Crippen molar-refractivity contribution in [2.75, 3.05) is 26.7 Å². The van der Waals surface area contributed by atoms with Crippen molar-refractivity contribution in [1.82, 2.24) is 20.4 Å². The quantitative estimate of drug-likeness (QED) is 0.343. The van der Waals surface area contributed by atoms with E-state index >= 15 is 0 Å². The van der Waals surface area contributed by atoms with Crippen LogP contribution in [0.1, 0.15) is 6.92 Å². The number of hydrogen-bond donors (Lipinski definition) is 2. The van der Waals surface area contributed by atoms with Crippen LogP contribution in [0.3, 0.4) is 0 Å². The zero-order valence-electron chi connectivity index (χ0n) is 11.5. The van der Waals surface area contributed by atoms with Crippen molar-refractivity contribution in [1.29, 1.82) is 0 Å². The van der Waals surface area contributed by atoms with Gasteiger partial charge in [0, 0.05) is 19.1 Å². The van der Waals surface area contributed by atoms with E-state index in [0.29, 0.717) is 11.4 Å². The predicted octanol–water partition coefficient (Wildman–Crippen LogP) is -1.31. The number of carbonyl (C=O) groups excluding carboxylic acids is 4. The third kappa shape index (κ3) is 3.41. The summed E-state index contributed by atoms with van der Waals surface area (Å²) in [5.41, 5.74) is 0. The maximum Gasteiger partial charge on any atom is 0.335 e. The van der Waals surface area contributed by atoms with Crippen LogP contribution in [-0.4, -0.2) is 66.3 Å². The van der Waals surface area contributed by atoms with Gasteiger partial charge in [0.25, 0.3) is 0 Å². The van der Waals surface area contributed by atoms with Gasteiger partial charge in [0.05, 0.1) is 0 Å². The summed E-state index contributed by atoms with van der Waals surface area (Å²) in [6, 6.07) is -0.737. The average molecular weight is 282 g/mol. The SMILES string of the molecule is C=CCN1C(=O)C(=O)N(CC(=O)NCC(C)NC)C1=O. The summed E-state index contributed by atoms with van der Waals surface area (Å²) in [5, 5.41) is 5.49. The number of nitrogens with one attached hydrogen (secondary N) is 2. The molecule has 0 spiro atoms. The molecule has 1 rings (SSSR count). The first-order valence-corrected chi connectivity index (χ1v) is 6.14. The van der Waals surface area contributed by atoms with Gasteiger partial charge < -0.3 is 10.6 Å². The first-order valence-electron chi connectivity index (χ1n) is 6.14. The summed E-state index contributed by atoms with van der Waals surface area (Å²) in [4.78, 5) is 48.0. The Hall–Kier alpha value is -2.22. The Balaban J connectivity index is 2.61. The maximum absolute atomic E-state index is 11.8. The zero-order valence-corrected chi connectivity index (χ0v) is 11.5. The van der Waals surface area contributed by atoms with Gasteiger partial charge in [0.1, 0.15) is 6.54 Å². The van der Waals surface area contributed by atoms with Gasteiger partial charge in [0.2, 0.25) is 5.91 Å². The minimum Gasteiger partial charge on any atom is -0.353 e. The van der Waals surface area contributed by atoms with E-state index in [9.17, 15) is 19.2 Å². The summed E-state index contributed by atoms with van der Waals surface area (Å²) in [6.45, 7) is 5.10. The van der Waals surface area contributed by atoms with Crippen LogP contribution in [0.2, 0.25) is 0 Å². The molecule has 0 aromatic heterocycles. The van der Waals surface area contributed by atoms with E-state index in [1.165, 1.54) is 6.08 Å². The lowest BCUT2D eigenvalue weighted by atomic mass is 10.3. The molecule has 1 aliphatic rings. The topological polar surface area (TPSA) is 98.8 Å². The summed E-state index contributed by atoms with van der Waals surface area (Å²) >= 11 is 0. The molecule has 0 saturated carbocycles. The largest absolute Gasteiger partial charge is 0.353 e. The maximum atomic E-state index is 11.8. The minimum atomic E-state index is -0.992. The van der Waals surface area contributed by atoms with Crippen LogP contribution in [0.5, 0.6) is 0 Å². The Morgan fingerprint density at radius 2 is 1.90 bits per heavy atom. The normalized spacial score (nSPS) is 16.6. The van der Waals surface area contributed by atoms with Gasteiger partial charge >= 0.3 is 17.8 Å². The predicted molar refractivity (Wildman–Crippen MR) is 70.6 cm³/mol. The molecule has 0 bridgehead atoms. The van der Waals surface area contributed by atoms with Crippen molar-refractivity contribution in [3.05, 3.63) is 12.7 Å². The standard InChI is InChI=1S/C12H18N4O4/c1-4-5-15-10(18)11(19)16(12(15)20)7-9(17)14-6-8(2)13-3/h4,8,13H,1,5-7H2,2-3H3,(H,14,17). The van der Waals surface area contributed by atoms with E-state index in [1.807, 2.05) is 6.92 Å². The molecule has 1 unspecified atom stereocenters. The molecule has 8 nitrogen and oxygen atoms in total. The number of hydrogen-bond acceptors (Lipinski definition) is 5. The Labute approximate surface area is 116 Å². The highest BCUT2D eigenvalue weighted by molar-refractivity contribution is 6.45. The third-order valence-corrected chi connectivity index (χ3v) is 2.85. The van der Waals surface area contributed by atoms with Crippen LogP contribution in [0.4, 0.5) is 4.79 Å². The highest BCUT2D eigenvalue weighted by Gasteiger charge is 2.44. The van der Waals surface area contributed by atoms with E-state index in [-0.39, 0.29) is 12.6 Å². The van der Waals surface area contributed by atoms with Crippen LogP contribution < -0.4 is 10.6 Å². The second-order valence-corrected chi connectivity index (χ2v) is 4.37. The lowest BCUT2D eigenvalue weighted by Gasteiger charge is -2.15. The molecule has 1 fully saturated rings. The van der Waals surface area contributed by atoms with Gasteiger partial charge in [0.15, 0.2) is 0 Å². The smallest absolute Gasteiger partial charge is 0.335 e. The van der Waals surface area contributed by atoms with E-state index in [2.05, 4.69) is 17.2 Å². The highest BCUT2D eigenvalue weighted by Crippen LogP contribution is 2.11. The molecule has 1 atom stereocenters. The Morgan fingerprint density at radius 1 is 1.30 bits per heavy atom. The number of carbonyl (C=O) groups is 4. The Kier molecular flexibility index (Phi) is 5.39. The molecule has 8 heteroatoms. The van der Waals surface area contributed by atoms with Crippen molar-refractivity contribution >= 4 is 23.8 Å². The molecule has 0 aromatic rings.